The fourth-order valence-corrected chi connectivity index (χ4v) is 2.72. The molecule has 6 heteroatoms. The summed E-state index contributed by atoms with van der Waals surface area (Å²) in [6, 6.07) is 0. The Balaban J connectivity index is -0.00000220. The zero-order valence-electron chi connectivity index (χ0n) is 15.6. The molecule has 0 aromatic heterocycles. The van der Waals surface area contributed by atoms with Crippen LogP contribution in [-0.4, -0.2) is 22.2 Å². The van der Waals surface area contributed by atoms with E-state index in [4.69, 9.17) is 10.2 Å². The number of carbonyl (C=O) groups is 2. The maximum atomic E-state index is 10.7. The first-order valence-corrected chi connectivity index (χ1v) is 9.05. The van der Waals surface area contributed by atoms with Crippen molar-refractivity contribution in [2.24, 2.45) is 5.92 Å². The van der Waals surface area contributed by atoms with Gasteiger partial charge in [0.2, 0.25) is 0 Å². The number of hydrogen-bond donors (Lipinski definition) is 4. The quantitative estimate of drug-likeness (QED) is 0.212. The maximum Gasteiger partial charge on any atom is 0.317 e. The van der Waals surface area contributed by atoms with Crippen molar-refractivity contribution in [2.45, 2.75) is 96.8 Å². The molecular formula is C18H40N2O4. The van der Waals surface area contributed by atoms with Crippen LogP contribution in [0.1, 0.15) is 96.8 Å². The highest BCUT2D eigenvalue weighted by Crippen LogP contribution is 2.15. The molecule has 0 aliphatic heterocycles. The van der Waals surface area contributed by atoms with Gasteiger partial charge in [-0.15, -0.1) is 0 Å². The van der Waals surface area contributed by atoms with Crippen LogP contribution in [0, 0.1) is 5.92 Å². The predicted molar refractivity (Wildman–Crippen MR) is 99.1 cm³/mol. The van der Waals surface area contributed by atoms with E-state index in [-0.39, 0.29) is 18.7 Å². The molecule has 0 saturated carbocycles. The summed E-state index contributed by atoms with van der Waals surface area (Å²) in [5.41, 5.74) is 0. The summed E-state index contributed by atoms with van der Waals surface area (Å²) < 4.78 is 0. The van der Waals surface area contributed by atoms with Gasteiger partial charge in [0.1, 0.15) is 0 Å². The first kappa shape index (κ1) is 27.7. The second kappa shape index (κ2) is 19.9. The lowest BCUT2D eigenvalue weighted by Crippen LogP contribution is -2.23. The predicted octanol–water partition coefficient (Wildman–Crippen LogP) is 5.58. The number of unbranched alkanes of at least 4 members (excludes halogenated alkanes) is 12. The van der Waals surface area contributed by atoms with Crippen LogP contribution >= 0.6 is 0 Å². The van der Waals surface area contributed by atoms with Gasteiger partial charge in [0.05, 0.1) is 0 Å². The monoisotopic (exact) mass is 348 g/mol. The Bertz CT molecular complexity index is 285. The third kappa shape index (κ3) is 17.2. The van der Waals surface area contributed by atoms with E-state index in [1.54, 1.807) is 0 Å². The van der Waals surface area contributed by atoms with Crippen LogP contribution in [0.2, 0.25) is 0 Å². The zero-order chi connectivity index (χ0) is 16.6. The van der Waals surface area contributed by atoms with Crippen LogP contribution in [0.3, 0.4) is 0 Å². The molecule has 0 bridgehead atoms. The number of carboxylic acids is 2. The summed E-state index contributed by atoms with van der Waals surface area (Å²) in [6.07, 6.45) is 16.2. The standard InChI is InChI=1S/C18H34O4.2H3N/c1-2-3-4-5-6-7-8-9-10-11-12-13-14-15-16(17(19)20)18(21)22;;/h16H,2-15H2,1H3,(H,19,20)(H,21,22);2*1H3. The Morgan fingerprint density at radius 1 is 0.625 bits per heavy atom. The molecule has 0 rings (SSSR count). The van der Waals surface area contributed by atoms with Crippen molar-refractivity contribution < 1.29 is 19.8 Å². The fourth-order valence-electron chi connectivity index (χ4n) is 2.72. The molecule has 0 saturated heterocycles. The molecule has 0 fully saturated rings. The summed E-state index contributed by atoms with van der Waals surface area (Å²) >= 11 is 0. The molecule has 8 N–H and O–H groups in total. The van der Waals surface area contributed by atoms with Crippen molar-refractivity contribution in [1.82, 2.24) is 12.3 Å². The summed E-state index contributed by atoms with van der Waals surface area (Å²) in [4.78, 5) is 21.4. The van der Waals surface area contributed by atoms with Crippen molar-refractivity contribution in [1.29, 1.82) is 0 Å². The van der Waals surface area contributed by atoms with Gasteiger partial charge < -0.3 is 22.5 Å². The molecule has 0 aromatic carbocycles. The molecule has 0 aliphatic rings. The maximum absolute atomic E-state index is 10.7. The van der Waals surface area contributed by atoms with Gasteiger partial charge in [-0.3, -0.25) is 9.59 Å². The molecule has 0 radical (unpaired) electrons. The summed E-state index contributed by atoms with van der Waals surface area (Å²) in [5.74, 6) is -3.66. The molecule has 0 spiro atoms. The zero-order valence-corrected chi connectivity index (χ0v) is 15.6. The lowest BCUT2D eigenvalue weighted by Gasteiger charge is -2.07. The van der Waals surface area contributed by atoms with Crippen LogP contribution < -0.4 is 12.3 Å². The SMILES string of the molecule is CCCCCCCCCCCCCCCC(C(=O)O)C(=O)O.N.N. The van der Waals surface area contributed by atoms with Crippen molar-refractivity contribution in [3.8, 4) is 0 Å². The Kier molecular flexibility index (Phi) is 23.0. The van der Waals surface area contributed by atoms with Gasteiger partial charge in [0.25, 0.3) is 0 Å². The molecule has 0 heterocycles. The number of rotatable bonds is 16. The average Bonchev–Trinajstić information content (AvgIpc) is 2.46. The minimum absolute atomic E-state index is 0. The van der Waals surface area contributed by atoms with E-state index in [0.717, 1.165) is 12.8 Å². The summed E-state index contributed by atoms with van der Waals surface area (Å²) in [5, 5.41) is 17.5. The molecule has 0 aliphatic carbocycles. The highest BCUT2D eigenvalue weighted by molar-refractivity contribution is 5.92. The largest absolute Gasteiger partial charge is 0.481 e. The highest BCUT2D eigenvalue weighted by atomic mass is 16.4. The van der Waals surface area contributed by atoms with Crippen LogP contribution in [0.4, 0.5) is 0 Å². The Hall–Kier alpha value is -1.14. The first-order valence-electron chi connectivity index (χ1n) is 9.05. The van der Waals surface area contributed by atoms with Crippen molar-refractivity contribution in [3.63, 3.8) is 0 Å². The molecule has 146 valence electrons. The highest BCUT2D eigenvalue weighted by Gasteiger charge is 2.24. The second-order valence-corrected chi connectivity index (χ2v) is 6.26. The van der Waals surface area contributed by atoms with Gasteiger partial charge in [-0.1, -0.05) is 90.4 Å². The van der Waals surface area contributed by atoms with E-state index in [0.29, 0.717) is 6.42 Å². The first-order chi connectivity index (χ1) is 10.6. The van der Waals surface area contributed by atoms with Crippen molar-refractivity contribution >= 4 is 11.9 Å². The minimum atomic E-state index is -1.23. The number of carboxylic acid groups (broad SMARTS) is 2. The average molecular weight is 349 g/mol. The van der Waals surface area contributed by atoms with Crippen LogP contribution in [0.5, 0.6) is 0 Å². The van der Waals surface area contributed by atoms with Crippen molar-refractivity contribution in [3.05, 3.63) is 0 Å². The van der Waals surface area contributed by atoms with Gasteiger partial charge in [0.15, 0.2) is 5.92 Å². The third-order valence-electron chi connectivity index (χ3n) is 4.19. The second-order valence-electron chi connectivity index (χ2n) is 6.26. The lowest BCUT2D eigenvalue weighted by molar-refractivity contribution is -0.154. The topological polar surface area (TPSA) is 145 Å². The normalized spacial score (nSPS) is 10.1. The van der Waals surface area contributed by atoms with Crippen LogP contribution in [0.15, 0.2) is 0 Å². The van der Waals surface area contributed by atoms with Gasteiger partial charge in [-0.05, 0) is 6.42 Å². The van der Waals surface area contributed by atoms with E-state index in [2.05, 4.69) is 6.92 Å². The molecule has 0 amide bonds. The van der Waals surface area contributed by atoms with Crippen LogP contribution in [0.25, 0.3) is 0 Å². The van der Waals surface area contributed by atoms with Gasteiger partial charge in [-0.2, -0.15) is 0 Å². The van der Waals surface area contributed by atoms with Gasteiger partial charge >= 0.3 is 11.9 Å². The minimum Gasteiger partial charge on any atom is -0.481 e. The molecule has 0 atom stereocenters. The van der Waals surface area contributed by atoms with E-state index in [1.807, 2.05) is 0 Å². The molecule has 0 aromatic rings. The van der Waals surface area contributed by atoms with Gasteiger partial charge in [-0.25, -0.2) is 0 Å². The summed E-state index contributed by atoms with van der Waals surface area (Å²) in [6.45, 7) is 2.24. The Morgan fingerprint density at radius 2 is 0.917 bits per heavy atom. The van der Waals surface area contributed by atoms with E-state index < -0.39 is 17.9 Å². The summed E-state index contributed by atoms with van der Waals surface area (Å²) in [7, 11) is 0. The van der Waals surface area contributed by atoms with Gasteiger partial charge in [0, 0.05) is 0 Å². The molecule has 0 unspecified atom stereocenters. The molecule has 6 nitrogen and oxygen atoms in total. The lowest BCUT2D eigenvalue weighted by atomic mass is 10.00. The van der Waals surface area contributed by atoms with Crippen molar-refractivity contribution in [2.75, 3.05) is 0 Å². The van der Waals surface area contributed by atoms with E-state index >= 15 is 0 Å². The van der Waals surface area contributed by atoms with E-state index in [1.165, 1.54) is 64.2 Å². The van der Waals surface area contributed by atoms with E-state index in [9.17, 15) is 9.59 Å². The fraction of sp³-hybridized carbons (Fsp3) is 0.889. The van der Waals surface area contributed by atoms with Crippen LogP contribution in [-0.2, 0) is 9.59 Å². The Labute approximate surface area is 147 Å². The molecule has 24 heavy (non-hydrogen) atoms. The molecular weight excluding hydrogens is 308 g/mol. The Morgan fingerprint density at radius 3 is 1.21 bits per heavy atom. The third-order valence-corrected chi connectivity index (χ3v) is 4.19. The number of aliphatic carboxylic acids is 2. The number of hydrogen-bond acceptors (Lipinski definition) is 4. The smallest absolute Gasteiger partial charge is 0.317 e.